The normalized spacial score (nSPS) is 23.7. The molecule has 1 aliphatic carbocycles. The van der Waals surface area contributed by atoms with E-state index in [-0.39, 0.29) is 0 Å². The standard InChI is InChI=1S/C16H29N3/c1-5-10-17-15(13-11-18-19(6-2)12-13)14-8-7-9-16(14,3)4/h11-12,14-15,17H,5-10H2,1-4H3. The van der Waals surface area contributed by atoms with Gasteiger partial charge in [0, 0.05) is 24.3 Å². The van der Waals surface area contributed by atoms with Crippen LogP contribution in [-0.2, 0) is 6.54 Å². The van der Waals surface area contributed by atoms with Crippen molar-refractivity contribution in [1.82, 2.24) is 15.1 Å². The van der Waals surface area contributed by atoms with Crippen molar-refractivity contribution >= 4 is 0 Å². The van der Waals surface area contributed by atoms with Crippen LogP contribution in [-0.4, -0.2) is 16.3 Å². The first-order valence-electron chi connectivity index (χ1n) is 7.84. The number of hydrogen-bond acceptors (Lipinski definition) is 2. The molecule has 3 nitrogen and oxygen atoms in total. The van der Waals surface area contributed by atoms with Crippen LogP contribution in [0.25, 0.3) is 0 Å². The summed E-state index contributed by atoms with van der Waals surface area (Å²) in [7, 11) is 0. The van der Waals surface area contributed by atoms with Gasteiger partial charge in [0.2, 0.25) is 0 Å². The Morgan fingerprint density at radius 2 is 2.26 bits per heavy atom. The minimum atomic E-state index is 0.444. The van der Waals surface area contributed by atoms with Gasteiger partial charge in [-0.15, -0.1) is 0 Å². The highest BCUT2D eigenvalue weighted by Crippen LogP contribution is 2.48. The summed E-state index contributed by atoms with van der Waals surface area (Å²) in [5.74, 6) is 0.730. The third-order valence-electron chi connectivity index (χ3n) is 4.69. The molecule has 2 atom stereocenters. The Kier molecular flexibility index (Phi) is 4.67. The lowest BCUT2D eigenvalue weighted by molar-refractivity contribution is 0.197. The Labute approximate surface area is 117 Å². The van der Waals surface area contributed by atoms with E-state index in [0.717, 1.165) is 19.0 Å². The predicted molar refractivity (Wildman–Crippen MR) is 80.1 cm³/mol. The summed E-state index contributed by atoms with van der Waals surface area (Å²) in [6, 6.07) is 0.470. The molecule has 1 aromatic heterocycles. The van der Waals surface area contributed by atoms with Crippen LogP contribution >= 0.6 is 0 Å². The molecule has 0 amide bonds. The molecule has 108 valence electrons. The highest BCUT2D eigenvalue weighted by Gasteiger charge is 2.40. The summed E-state index contributed by atoms with van der Waals surface area (Å²) in [5.41, 5.74) is 1.81. The quantitative estimate of drug-likeness (QED) is 0.846. The van der Waals surface area contributed by atoms with Crippen molar-refractivity contribution in [3.63, 3.8) is 0 Å². The first-order valence-corrected chi connectivity index (χ1v) is 7.84. The van der Waals surface area contributed by atoms with Crippen molar-refractivity contribution in [3.8, 4) is 0 Å². The first-order chi connectivity index (χ1) is 9.08. The van der Waals surface area contributed by atoms with E-state index >= 15 is 0 Å². The molecule has 0 aromatic carbocycles. The fourth-order valence-electron chi connectivity index (χ4n) is 3.48. The molecule has 1 fully saturated rings. The summed E-state index contributed by atoms with van der Waals surface area (Å²) in [6.45, 7) is 11.3. The van der Waals surface area contributed by atoms with Crippen molar-refractivity contribution in [3.05, 3.63) is 18.0 Å². The van der Waals surface area contributed by atoms with Gasteiger partial charge in [0.1, 0.15) is 0 Å². The number of nitrogens with one attached hydrogen (secondary N) is 1. The van der Waals surface area contributed by atoms with Crippen LogP contribution in [0.4, 0.5) is 0 Å². The second-order valence-corrected chi connectivity index (χ2v) is 6.55. The molecule has 0 saturated heterocycles. The van der Waals surface area contributed by atoms with E-state index in [2.05, 4.69) is 50.5 Å². The lowest BCUT2D eigenvalue weighted by Crippen LogP contribution is -2.34. The van der Waals surface area contributed by atoms with Crippen LogP contribution in [0.5, 0.6) is 0 Å². The lowest BCUT2D eigenvalue weighted by Gasteiger charge is -2.34. The van der Waals surface area contributed by atoms with Crippen LogP contribution in [0.2, 0.25) is 0 Å². The largest absolute Gasteiger partial charge is 0.310 e. The van der Waals surface area contributed by atoms with Gasteiger partial charge < -0.3 is 5.32 Å². The monoisotopic (exact) mass is 263 g/mol. The highest BCUT2D eigenvalue weighted by atomic mass is 15.3. The summed E-state index contributed by atoms with van der Waals surface area (Å²) in [5, 5.41) is 8.23. The molecular weight excluding hydrogens is 234 g/mol. The maximum absolute atomic E-state index is 4.46. The SMILES string of the molecule is CCCNC(c1cnn(CC)c1)C1CCCC1(C)C. The minimum Gasteiger partial charge on any atom is -0.310 e. The van der Waals surface area contributed by atoms with Gasteiger partial charge in [0.15, 0.2) is 0 Å². The third-order valence-corrected chi connectivity index (χ3v) is 4.69. The fraction of sp³-hybridized carbons (Fsp3) is 0.812. The molecule has 2 unspecified atom stereocenters. The van der Waals surface area contributed by atoms with Crippen LogP contribution in [0.15, 0.2) is 12.4 Å². The second-order valence-electron chi connectivity index (χ2n) is 6.55. The Morgan fingerprint density at radius 3 is 2.79 bits per heavy atom. The van der Waals surface area contributed by atoms with E-state index in [1.165, 1.54) is 31.2 Å². The van der Waals surface area contributed by atoms with Crippen molar-refractivity contribution in [2.24, 2.45) is 11.3 Å². The van der Waals surface area contributed by atoms with Crippen LogP contribution in [0.1, 0.15) is 65.0 Å². The summed E-state index contributed by atoms with van der Waals surface area (Å²) >= 11 is 0. The van der Waals surface area contributed by atoms with Gasteiger partial charge in [0.05, 0.1) is 6.20 Å². The van der Waals surface area contributed by atoms with Gasteiger partial charge in [0.25, 0.3) is 0 Å². The molecule has 3 heteroatoms. The molecule has 0 bridgehead atoms. The van der Waals surface area contributed by atoms with Gasteiger partial charge in [-0.2, -0.15) is 5.10 Å². The molecule has 2 rings (SSSR count). The molecule has 19 heavy (non-hydrogen) atoms. The Bertz CT molecular complexity index is 394. The molecule has 1 aliphatic rings. The fourth-order valence-corrected chi connectivity index (χ4v) is 3.48. The zero-order valence-corrected chi connectivity index (χ0v) is 12.9. The molecule has 1 aromatic rings. The summed E-state index contributed by atoms with van der Waals surface area (Å²) in [4.78, 5) is 0. The molecule has 1 N–H and O–H groups in total. The molecule has 1 heterocycles. The van der Waals surface area contributed by atoms with E-state index < -0.39 is 0 Å². The predicted octanol–water partition coefficient (Wildman–Crippen LogP) is 3.77. The Morgan fingerprint density at radius 1 is 1.47 bits per heavy atom. The number of hydrogen-bond donors (Lipinski definition) is 1. The van der Waals surface area contributed by atoms with E-state index in [1.54, 1.807) is 0 Å². The van der Waals surface area contributed by atoms with E-state index in [9.17, 15) is 0 Å². The smallest absolute Gasteiger partial charge is 0.0537 e. The number of aromatic nitrogens is 2. The number of aryl methyl sites for hydroxylation is 1. The van der Waals surface area contributed by atoms with Gasteiger partial charge in [-0.1, -0.05) is 27.2 Å². The van der Waals surface area contributed by atoms with Gasteiger partial charge in [-0.3, -0.25) is 4.68 Å². The van der Waals surface area contributed by atoms with Crippen LogP contribution in [0, 0.1) is 11.3 Å². The summed E-state index contributed by atoms with van der Waals surface area (Å²) in [6.07, 6.45) is 9.53. The maximum atomic E-state index is 4.46. The van der Waals surface area contributed by atoms with Gasteiger partial charge in [-0.05, 0) is 44.1 Å². The minimum absolute atomic E-state index is 0.444. The molecule has 0 aliphatic heterocycles. The van der Waals surface area contributed by atoms with Crippen molar-refractivity contribution in [2.75, 3.05) is 6.54 Å². The summed E-state index contributed by atoms with van der Waals surface area (Å²) < 4.78 is 2.04. The Hall–Kier alpha value is -0.830. The van der Waals surface area contributed by atoms with Gasteiger partial charge in [-0.25, -0.2) is 0 Å². The zero-order valence-electron chi connectivity index (χ0n) is 12.9. The molecule has 0 spiro atoms. The molecular formula is C16H29N3. The van der Waals surface area contributed by atoms with Crippen LogP contribution < -0.4 is 5.32 Å². The van der Waals surface area contributed by atoms with Crippen molar-refractivity contribution in [1.29, 1.82) is 0 Å². The third kappa shape index (κ3) is 3.19. The highest BCUT2D eigenvalue weighted by molar-refractivity contribution is 5.14. The van der Waals surface area contributed by atoms with Crippen molar-refractivity contribution < 1.29 is 0 Å². The topological polar surface area (TPSA) is 29.9 Å². The Balaban J connectivity index is 2.20. The molecule has 0 radical (unpaired) electrons. The van der Waals surface area contributed by atoms with Crippen LogP contribution in [0.3, 0.4) is 0 Å². The average molecular weight is 263 g/mol. The second kappa shape index (κ2) is 6.08. The van der Waals surface area contributed by atoms with E-state index in [0.29, 0.717) is 11.5 Å². The number of rotatable bonds is 6. The number of nitrogens with zero attached hydrogens (tertiary/aromatic N) is 2. The maximum Gasteiger partial charge on any atom is 0.0537 e. The first kappa shape index (κ1) is 14.6. The average Bonchev–Trinajstić information content (AvgIpc) is 2.97. The van der Waals surface area contributed by atoms with Gasteiger partial charge >= 0.3 is 0 Å². The lowest BCUT2D eigenvalue weighted by atomic mass is 9.76. The van der Waals surface area contributed by atoms with Crippen molar-refractivity contribution in [2.45, 2.75) is 66.0 Å². The zero-order chi connectivity index (χ0) is 13.9. The molecule has 1 saturated carbocycles. The van der Waals surface area contributed by atoms with E-state index in [1.807, 2.05) is 4.68 Å². The van der Waals surface area contributed by atoms with E-state index in [4.69, 9.17) is 0 Å².